The van der Waals surface area contributed by atoms with Gasteiger partial charge < -0.3 is 4.90 Å². The van der Waals surface area contributed by atoms with Gasteiger partial charge in [-0.1, -0.05) is 6.42 Å². The van der Waals surface area contributed by atoms with Crippen LogP contribution in [0, 0.1) is 20.2 Å². The Morgan fingerprint density at radius 3 is 2.15 bits per heavy atom. The Bertz CT molecular complexity index is 705. The Morgan fingerprint density at radius 2 is 1.62 bits per heavy atom. The van der Waals surface area contributed by atoms with Crippen LogP contribution >= 0.6 is 0 Å². The Balaban J connectivity index is 2.07. The fourth-order valence-electron chi connectivity index (χ4n) is 3.73. The molecular formula is C15H17F3N4O4. The number of benzene rings is 1. The molecule has 1 unspecified atom stereocenters. The van der Waals surface area contributed by atoms with E-state index in [2.05, 4.69) is 4.90 Å². The summed E-state index contributed by atoms with van der Waals surface area (Å²) < 4.78 is 39.0. The third kappa shape index (κ3) is 3.43. The lowest BCUT2D eigenvalue weighted by Gasteiger charge is -2.44. The predicted octanol–water partition coefficient (Wildman–Crippen LogP) is 3.20. The number of nitro benzene ring substituents is 2. The minimum atomic E-state index is -4.91. The maximum atomic E-state index is 13.0. The summed E-state index contributed by atoms with van der Waals surface area (Å²) >= 11 is 0. The number of hydrogen-bond donors (Lipinski definition) is 0. The molecule has 3 rings (SSSR count). The second-order valence-electron chi connectivity index (χ2n) is 6.51. The zero-order valence-corrected chi connectivity index (χ0v) is 13.7. The molecule has 26 heavy (non-hydrogen) atoms. The van der Waals surface area contributed by atoms with E-state index in [0.717, 1.165) is 25.8 Å². The summed E-state index contributed by atoms with van der Waals surface area (Å²) in [4.78, 5) is 24.5. The molecule has 0 bridgehead atoms. The van der Waals surface area contributed by atoms with Gasteiger partial charge in [0.15, 0.2) is 5.69 Å². The molecule has 0 radical (unpaired) electrons. The van der Waals surface area contributed by atoms with Crippen molar-refractivity contribution in [1.82, 2.24) is 4.90 Å². The first-order chi connectivity index (χ1) is 12.2. The second-order valence-corrected chi connectivity index (χ2v) is 6.51. The standard InChI is InChI=1S/C15H17F3N4O4/c16-15(17,18)10-7-12(21(23)24)14(13(8-10)22(25)26)20-6-5-19-4-2-1-3-11(19)9-20/h7-8,11H,1-6,9H2. The van der Waals surface area contributed by atoms with Gasteiger partial charge in [0.25, 0.3) is 11.4 Å². The van der Waals surface area contributed by atoms with Gasteiger partial charge in [-0.2, -0.15) is 13.2 Å². The van der Waals surface area contributed by atoms with E-state index < -0.39 is 33.0 Å². The molecule has 11 heteroatoms. The fraction of sp³-hybridized carbons (Fsp3) is 0.600. The van der Waals surface area contributed by atoms with Crippen molar-refractivity contribution in [3.05, 3.63) is 37.9 Å². The molecule has 8 nitrogen and oxygen atoms in total. The van der Waals surface area contributed by atoms with Crippen molar-refractivity contribution in [2.45, 2.75) is 31.5 Å². The van der Waals surface area contributed by atoms with E-state index in [4.69, 9.17) is 0 Å². The Hall–Kier alpha value is -2.43. The Morgan fingerprint density at radius 1 is 1.00 bits per heavy atom. The molecule has 0 amide bonds. The maximum absolute atomic E-state index is 13.0. The van der Waals surface area contributed by atoms with Crippen LogP contribution < -0.4 is 4.90 Å². The summed E-state index contributed by atoms with van der Waals surface area (Å²) in [7, 11) is 0. The first kappa shape index (κ1) is 18.4. The molecule has 2 fully saturated rings. The molecule has 0 saturated carbocycles. The number of piperidine rings is 1. The molecule has 1 atom stereocenters. The van der Waals surface area contributed by atoms with Gasteiger partial charge in [0, 0.05) is 37.8 Å². The van der Waals surface area contributed by atoms with Gasteiger partial charge in [-0.25, -0.2) is 0 Å². The molecule has 1 aromatic rings. The predicted molar refractivity (Wildman–Crippen MR) is 86.2 cm³/mol. The molecule has 142 valence electrons. The SMILES string of the molecule is O=[N+]([O-])c1cc(C(F)(F)F)cc([N+](=O)[O-])c1N1CCN2CCCCC2C1. The van der Waals surface area contributed by atoms with Crippen LogP contribution in [0.4, 0.5) is 30.2 Å². The van der Waals surface area contributed by atoms with Crippen LogP contribution in [0.1, 0.15) is 24.8 Å². The van der Waals surface area contributed by atoms with Crippen LogP contribution in [-0.4, -0.2) is 47.0 Å². The molecule has 0 aliphatic carbocycles. The molecule has 1 aromatic carbocycles. The lowest BCUT2D eigenvalue weighted by molar-refractivity contribution is -0.393. The summed E-state index contributed by atoms with van der Waals surface area (Å²) in [5, 5.41) is 22.8. The quantitative estimate of drug-likeness (QED) is 0.596. The van der Waals surface area contributed by atoms with Gasteiger partial charge in [0.05, 0.1) is 15.4 Å². The van der Waals surface area contributed by atoms with Crippen LogP contribution in [0.3, 0.4) is 0 Å². The normalized spacial score (nSPS) is 21.3. The lowest BCUT2D eigenvalue weighted by atomic mass is 9.98. The second kappa shape index (κ2) is 6.71. The van der Waals surface area contributed by atoms with Gasteiger partial charge in [-0.3, -0.25) is 25.1 Å². The molecule has 0 N–H and O–H groups in total. The maximum Gasteiger partial charge on any atom is 0.416 e. The van der Waals surface area contributed by atoms with Crippen molar-refractivity contribution in [2.24, 2.45) is 0 Å². The van der Waals surface area contributed by atoms with Gasteiger partial charge in [-0.15, -0.1) is 0 Å². The zero-order valence-electron chi connectivity index (χ0n) is 13.7. The number of nitro groups is 2. The van der Waals surface area contributed by atoms with Crippen molar-refractivity contribution >= 4 is 17.1 Å². The summed E-state index contributed by atoms with van der Waals surface area (Å²) in [6.45, 7) is 2.09. The van der Waals surface area contributed by atoms with E-state index >= 15 is 0 Å². The average molecular weight is 374 g/mol. The van der Waals surface area contributed by atoms with Crippen molar-refractivity contribution in [3.8, 4) is 0 Å². The molecule has 0 aromatic heterocycles. The van der Waals surface area contributed by atoms with Crippen LogP contribution in [0.2, 0.25) is 0 Å². The molecule has 0 spiro atoms. The zero-order chi connectivity index (χ0) is 19.1. The summed E-state index contributed by atoms with van der Waals surface area (Å²) in [6, 6.07) is 0.865. The topological polar surface area (TPSA) is 92.8 Å². The third-order valence-electron chi connectivity index (χ3n) is 4.94. The summed E-state index contributed by atoms with van der Waals surface area (Å²) in [6.07, 6.45) is -2.00. The van der Waals surface area contributed by atoms with Crippen molar-refractivity contribution in [1.29, 1.82) is 0 Å². The molecule has 2 aliphatic heterocycles. The van der Waals surface area contributed by atoms with Crippen LogP contribution in [-0.2, 0) is 6.18 Å². The molecule has 2 saturated heterocycles. The monoisotopic (exact) mass is 374 g/mol. The minimum absolute atomic E-state index is 0.0963. The van der Waals surface area contributed by atoms with E-state index in [1.54, 1.807) is 0 Å². The van der Waals surface area contributed by atoms with Gasteiger partial charge in [0.1, 0.15) is 0 Å². The number of rotatable bonds is 3. The molecular weight excluding hydrogens is 357 g/mol. The molecule has 2 heterocycles. The average Bonchev–Trinajstić information content (AvgIpc) is 2.59. The molecule has 2 aliphatic rings. The lowest BCUT2D eigenvalue weighted by Crippen LogP contribution is -2.55. The number of hydrogen-bond acceptors (Lipinski definition) is 6. The third-order valence-corrected chi connectivity index (χ3v) is 4.94. The van der Waals surface area contributed by atoms with Gasteiger partial charge in [0.2, 0.25) is 0 Å². The van der Waals surface area contributed by atoms with Crippen LogP contribution in [0.25, 0.3) is 0 Å². The van der Waals surface area contributed by atoms with E-state index in [1.807, 2.05) is 0 Å². The number of halogens is 3. The highest BCUT2D eigenvalue weighted by Crippen LogP contribution is 2.44. The van der Waals surface area contributed by atoms with Crippen molar-refractivity contribution in [3.63, 3.8) is 0 Å². The van der Waals surface area contributed by atoms with E-state index in [9.17, 15) is 33.4 Å². The van der Waals surface area contributed by atoms with E-state index in [-0.39, 0.29) is 11.7 Å². The summed E-state index contributed by atoms with van der Waals surface area (Å²) in [5.41, 5.74) is -3.49. The van der Waals surface area contributed by atoms with Gasteiger partial charge in [-0.05, 0) is 19.4 Å². The van der Waals surface area contributed by atoms with Gasteiger partial charge >= 0.3 is 6.18 Å². The smallest absolute Gasteiger partial charge is 0.357 e. The van der Waals surface area contributed by atoms with Crippen molar-refractivity contribution < 1.29 is 23.0 Å². The minimum Gasteiger partial charge on any atom is -0.357 e. The first-order valence-electron chi connectivity index (χ1n) is 8.21. The Kier molecular flexibility index (Phi) is 4.74. The number of alkyl halides is 3. The number of anilines is 1. The highest BCUT2D eigenvalue weighted by molar-refractivity contribution is 5.76. The van der Waals surface area contributed by atoms with Crippen molar-refractivity contribution in [2.75, 3.05) is 31.1 Å². The first-order valence-corrected chi connectivity index (χ1v) is 8.21. The number of nitrogens with zero attached hydrogens (tertiary/aromatic N) is 4. The van der Waals surface area contributed by atoms with Crippen LogP contribution in [0.5, 0.6) is 0 Å². The largest absolute Gasteiger partial charge is 0.416 e. The van der Waals surface area contributed by atoms with Crippen LogP contribution in [0.15, 0.2) is 12.1 Å². The highest BCUT2D eigenvalue weighted by Gasteiger charge is 2.41. The highest BCUT2D eigenvalue weighted by atomic mass is 19.4. The van der Waals surface area contributed by atoms with E-state index in [0.29, 0.717) is 31.8 Å². The fourth-order valence-corrected chi connectivity index (χ4v) is 3.73. The van der Waals surface area contributed by atoms with E-state index in [1.165, 1.54) is 4.90 Å². The number of piperazine rings is 1. The Labute approximate surface area is 146 Å². The number of fused-ring (bicyclic) bond motifs is 1. The summed E-state index contributed by atoms with van der Waals surface area (Å²) in [5.74, 6) is 0.